The number of piperidine rings is 1. The van der Waals surface area contributed by atoms with Gasteiger partial charge in [-0.1, -0.05) is 31.0 Å². The van der Waals surface area contributed by atoms with Crippen LogP contribution in [0.25, 0.3) is 10.9 Å². The third-order valence-corrected chi connectivity index (χ3v) is 6.36. The van der Waals surface area contributed by atoms with E-state index in [0.29, 0.717) is 18.9 Å². The number of carbonyl (C=O) groups is 2. The summed E-state index contributed by atoms with van der Waals surface area (Å²) in [5.41, 5.74) is 1.18. The summed E-state index contributed by atoms with van der Waals surface area (Å²) >= 11 is 0. The molecule has 3 heterocycles. The van der Waals surface area contributed by atoms with Gasteiger partial charge in [0, 0.05) is 56.8 Å². The first-order chi connectivity index (χ1) is 13.7. The Morgan fingerprint density at radius 2 is 1.57 bits per heavy atom. The van der Waals surface area contributed by atoms with Crippen LogP contribution in [0.15, 0.2) is 36.5 Å². The fourth-order valence-electron chi connectivity index (χ4n) is 4.63. The lowest BCUT2D eigenvalue weighted by Gasteiger charge is -2.34. The van der Waals surface area contributed by atoms with Gasteiger partial charge in [-0.3, -0.25) is 9.59 Å². The van der Waals surface area contributed by atoms with E-state index < -0.39 is 0 Å². The number of hydrogen-bond donors (Lipinski definition) is 0. The highest BCUT2D eigenvalue weighted by molar-refractivity contribution is 5.81. The van der Waals surface area contributed by atoms with Crippen molar-refractivity contribution < 1.29 is 9.59 Å². The van der Waals surface area contributed by atoms with Gasteiger partial charge >= 0.3 is 0 Å². The zero-order valence-electron chi connectivity index (χ0n) is 16.7. The van der Waals surface area contributed by atoms with Crippen LogP contribution in [-0.4, -0.2) is 52.4 Å². The molecule has 0 radical (unpaired) electrons. The van der Waals surface area contributed by atoms with Crippen molar-refractivity contribution >= 4 is 22.7 Å². The standard InChI is InChI=1S/C23H31N3O2/c27-22(12-18-24-15-9-19-7-3-4-8-21(19)24)25-16-10-20(11-17-25)23(28)26-13-5-1-2-6-14-26/h3-4,7-9,15,20H,1-2,5-6,10-14,16-18H2. The van der Waals surface area contributed by atoms with Crippen molar-refractivity contribution in [1.29, 1.82) is 0 Å². The number of benzene rings is 1. The number of hydrogen-bond acceptors (Lipinski definition) is 2. The van der Waals surface area contributed by atoms with Gasteiger partial charge in [0.2, 0.25) is 11.8 Å². The fraction of sp³-hybridized carbons (Fsp3) is 0.565. The van der Waals surface area contributed by atoms with Crippen LogP contribution in [0.4, 0.5) is 0 Å². The minimum atomic E-state index is 0.107. The van der Waals surface area contributed by atoms with Gasteiger partial charge in [0.1, 0.15) is 0 Å². The van der Waals surface area contributed by atoms with E-state index in [1.807, 2.05) is 17.0 Å². The molecule has 150 valence electrons. The molecule has 0 aliphatic carbocycles. The average Bonchev–Trinajstić information content (AvgIpc) is 2.95. The molecule has 5 nitrogen and oxygen atoms in total. The molecule has 5 heteroatoms. The quantitative estimate of drug-likeness (QED) is 0.811. The third-order valence-electron chi connectivity index (χ3n) is 6.36. The SMILES string of the molecule is O=C(CCn1ccc2ccccc21)N1CCC(C(=O)N2CCCCCC2)CC1. The van der Waals surface area contributed by atoms with Crippen LogP contribution in [0.3, 0.4) is 0 Å². The van der Waals surface area contributed by atoms with Crippen molar-refractivity contribution in [2.75, 3.05) is 26.2 Å². The summed E-state index contributed by atoms with van der Waals surface area (Å²) in [4.78, 5) is 29.5. The molecule has 0 N–H and O–H groups in total. The highest BCUT2D eigenvalue weighted by Crippen LogP contribution is 2.23. The monoisotopic (exact) mass is 381 g/mol. The van der Waals surface area contributed by atoms with Gasteiger partial charge in [-0.2, -0.15) is 0 Å². The Morgan fingerprint density at radius 1 is 0.857 bits per heavy atom. The summed E-state index contributed by atoms with van der Waals surface area (Å²) in [6.45, 7) is 3.98. The van der Waals surface area contributed by atoms with Gasteiger partial charge in [0.05, 0.1) is 0 Å². The number of nitrogens with zero attached hydrogens (tertiary/aromatic N) is 3. The molecule has 2 amide bonds. The summed E-state index contributed by atoms with van der Waals surface area (Å²) in [6.07, 6.45) is 8.96. The second kappa shape index (κ2) is 8.80. The summed E-state index contributed by atoms with van der Waals surface area (Å²) < 4.78 is 2.16. The van der Waals surface area contributed by atoms with E-state index in [4.69, 9.17) is 0 Å². The normalized spacial score (nSPS) is 19.0. The Hall–Kier alpha value is -2.30. The maximum atomic E-state index is 12.8. The lowest BCUT2D eigenvalue weighted by Crippen LogP contribution is -2.44. The molecule has 2 fully saturated rings. The van der Waals surface area contributed by atoms with Crippen molar-refractivity contribution in [1.82, 2.24) is 14.4 Å². The lowest BCUT2D eigenvalue weighted by molar-refractivity contribution is -0.140. The molecule has 0 spiro atoms. The van der Waals surface area contributed by atoms with Gasteiger partial charge in [-0.25, -0.2) is 0 Å². The van der Waals surface area contributed by atoms with E-state index in [-0.39, 0.29) is 11.8 Å². The van der Waals surface area contributed by atoms with Crippen LogP contribution < -0.4 is 0 Å². The Kier molecular flexibility index (Phi) is 5.98. The van der Waals surface area contributed by atoms with E-state index in [9.17, 15) is 9.59 Å². The van der Waals surface area contributed by atoms with E-state index in [0.717, 1.165) is 51.9 Å². The molecular weight excluding hydrogens is 350 g/mol. The Balaban J connectivity index is 1.26. The first-order valence-electron chi connectivity index (χ1n) is 10.8. The maximum absolute atomic E-state index is 12.8. The Morgan fingerprint density at radius 3 is 2.32 bits per heavy atom. The second-order valence-electron chi connectivity index (χ2n) is 8.21. The summed E-state index contributed by atoms with van der Waals surface area (Å²) in [7, 11) is 0. The van der Waals surface area contributed by atoms with E-state index in [1.165, 1.54) is 23.7 Å². The molecule has 2 aliphatic heterocycles. The smallest absolute Gasteiger partial charge is 0.225 e. The molecular formula is C23H31N3O2. The summed E-state index contributed by atoms with van der Waals surface area (Å²) in [5.74, 6) is 0.641. The second-order valence-corrected chi connectivity index (χ2v) is 8.21. The maximum Gasteiger partial charge on any atom is 0.225 e. The minimum absolute atomic E-state index is 0.107. The molecule has 2 aromatic rings. The number of aryl methyl sites for hydroxylation is 1. The topological polar surface area (TPSA) is 45.6 Å². The van der Waals surface area contributed by atoms with Crippen LogP contribution >= 0.6 is 0 Å². The van der Waals surface area contributed by atoms with Crippen LogP contribution in [0.5, 0.6) is 0 Å². The molecule has 2 saturated heterocycles. The molecule has 1 aromatic heterocycles. The molecule has 0 saturated carbocycles. The van der Waals surface area contributed by atoms with Gasteiger partial charge in [-0.15, -0.1) is 0 Å². The Labute approximate surface area is 167 Å². The van der Waals surface area contributed by atoms with Crippen LogP contribution in [0.1, 0.15) is 44.9 Å². The molecule has 0 bridgehead atoms. The summed E-state index contributed by atoms with van der Waals surface area (Å²) in [6, 6.07) is 10.4. The largest absolute Gasteiger partial charge is 0.347 e. The van der Waals surface area contributed by atoms with Gasteiger partial charge in [0.15, 0.2) is 0 Å². The molecule has 28 heavy (non-hydrogen) atoms. The summed E-state index contributed by atoms with van der Waals surface area (Å²) in [5, 5.41) is 1.21. The number of likely N-dealkylation sites (tertiary alicyclic amines) is 2. The average molecular weight is 382 g/mol. The fourth-order valence-corrected chi connectivity index (χ4v) is 4.63. The number of fused-ring (bicyclic) bond motifs is 1. The number of aromatic nitrogens is 1. The molecule has 0 atom stereocenters. The molecule has 2 aliphatic rings. The molecule has 0 unspecified atom stereocenters. The van der Waals surface area contributed by atoms with Crippen LogP contribution in [-0.2, 0) is 16.1 Å². The predicted molar refractivity (Wildman–Crippen MR) is 111 cm³/mol. The Bertz CT molecular complexity index is 812. The van der Waals surface area contributed by atoms with Crippen molar-refractivity contribution in [2.45, 2.75) is 51.5 Å². The number of carbonyl (C=O) groups excluding carboxylic acids is 2. The molecule has 4 rings (SSSR count). The van der Waals surface area contributed by atoms with Gasteiger partial charge in [0.25, 0.3) is 0 Å². The van der Waals surface area contributed by atoms with E-state index in [1.54, 1.807) is 0 Å². The highest BCUT2D eigenvalue weighted by Gasteiger charge is 2.30. The van der Waals surface area contributed by atoms with Crippen molar-refractivity contribution in [2.24, 2.45) is 5.92 Å². The zero-order valence-corrected chi connectivity index (χ0v) is 16.7. The van der Waals surface area contributed by atoms with Crippen molar-refractivity contribution in [3.63, 3.8) is 0 Å². The minimum Gasteiger partial charge on any atom is -0.347 e. The molecule has 1 aromatic carbocycles. The van der Waals surface area contributed by atoms with Crippen LogP contribution in [0.2, 0.25) is 0 Å². The lowest BCUT2D eigenvalue weighted by atomic mass is 9.95. The van der Waals surface area contributed by atoms with E-state index in [2.05, 4.69) is 33.9 Å². The first kappa shape index (κ1) is 19.0. The predicted octanol–water partition coefficient (Wildman–Crippen LogP) is 3.67. The third kappa shape index (κ3) is 4.23. The number of para-hydroxylation sites is 1. The number of rotatable bonds is 4. The van der Waals surface area contributed by atoms with Crippen LogP contribution in [0, 0.1) is 5.92 Å². The van der Waals surface area contributed by atoms with Gasteiger partial charge in [-0.05, 0) is 43.2 Å². The van der Waals surface area contributed by atoms with E-state index >= 15 is 0 Å². The first-order valence-corrected chi connectivity index (χ1v) is 10.8. The number of amides is 2. The van der Waals surface area contributed by atoms with Gasteiger partial charge < -0.3 is 14.4 Å². The highest BCUT2D eigenvalue weighted by atomic mass is 16.2. The zero-order chi connectivity index (χ0) is 19.3. The van der Waals surface area contributed by atoms with Crippen molar-refractivity contribution in [3.8, 4) is 0 Å². The van der Waals surface area contributed by atoms with Crippen molar-refractivity contribution in [3.05, 3.63) is 36.5 Å².